The minimum Gasteiger partial charge on any atom is -0.355 e. The second kappa shape index (κ2) is 6.39. The van der Waals surface area contributed by atoms with E-state index in [2.05, 4.69) is 36.1 Å². The molecule has 156 valence electrons. The molecule has 0 amide bonds. The Bertz CT molecular complexity index is 1340. The molecule has 1 aliphatic rings. The first-order valence-corrected chi connectivity index (χ1v) is 10.4. The van der Waals surface area contributed by atoms with Gasteiger partial charge >= 0.3 is 0 Å². The van der Waals surface area contributed by atoms with Gasteiger partial charge in [-0.1, -0.05) is 43.7 Å². The van der Waals surface area contributed by atoms with E-state index in [0.717, 1.165) is 24.1 Å². The van der Waals surface area contributed by atoms with Crippen LogP contribution in [0.3, 0.4) is 0 Å². The summed E-state index contributed by atoms with van der Waals surface area (Å²) in [6.45, 7) is 8.75. The van der Waals surface area contributed by atoms with Crippen LogP contribution < -0.4 is 5.56 Å². The van der Waals surface area contributed by atoms with Gasteiger partial charge in [0.25, 0.3) is 5.56 Å². The molecule has 9 heteroatoms. The third kappa shape index (κ3) is 2.63. The molecule has 1 atom stereocenters. The summed E-state index contributed by atoms with van der Waals surface area (Å²) in [6, 6.07) is 5.59. The van der Waals surface area contributed by atoms with Gasteiger partial charge in [-0.05, 0) is 31.9 Å². The number of para-hydroxylation sites is 1. The van der Waals surface area contributed by atoms with E-state index in [0.29, 0.717) is 28.5 Å². The maximum absolute atomic E-state index is 13.9. The van der Waals surface area contributed by atoms with Crippen LogP contribution in [0.5, 0.6) is 0 Å². The highest BCUT2D eigenvalue weighted by atomic mass is 35.5. The molecule has 8 nitrogen and oxygen atoms in total. The summed E-state index contributed by atoms with van der Waals surface area (Å²) in [7, 11) is 0. The van der Waals surface area contributed by atoms with Crippen LogP contribution in [0, 0.1) is 0 Å². The second-order valence-electron chi connectivity index (χ2n) is 8.94. The largest absolute Gasteiger partial charge is 0.355 e. The molecule has 0 bridgehead atoms. The van der Waals surface area contributed by atoms with Crippen LogP contribution in [0.4, 0.5) is 0 Å². The summed E-state index contributed by atoms with van der Waals surface area (Å²) in [4.78, 5) is 18.5. The zero-order valence-corrected chi connectivity index (χ0v) is 18.1. The molecule has 0 aliphatic carbocycles. The van der Waals surface area contributed by atoms with Crippen molar-refractivity contribution in [1.82, 2.24) is 28.9 Å². The lowest BCUT2D eigenvalue weighted by molar-refractivity contribution is -0.0447. The van der Waals surface area contributed by atoms with Gasteiger partial charge in [-0.3, -0.25) is 13.8 Å². The lowest BCUT2D eigenvalue weighted by Crippen LogP contribution is -2.39. The first-order valence-electron chi connectivity index (χ1n) is 9.99. The Balaban J connectivity index is 1.94. The van der Waals surface area contributed by atoms with E-state index in [1.807, 2.05) is 19.1 Å². The first-order chi connectivity index (χ1) is 14.2. The minimum absolute atomic E-state index is 0.220. The Morgan fingerprint density at radius 2 is 2.03 bits per heavy atom. The molecule has 0 saturated carbocycles. The molecule has 0 spiro atoms. The molecule has 1 aromatic carbocycles. The molecule has 3 aromatic heterocycles. The Morgan fingerprint density at radius 3 is 2.73 bits per heavy atom. The van der Waals surface area contributed by atoms with E-state index in [1.165, 1.54) is 0 Å². The molecule has 1 unspecified atom stereocenters. The van der Waals surface area contributed by atoms with Crippen LogP contribution in [0.1, 0.15) is 46.2 Å². The standard InChI is InChI=1S/C21H23ClN6O2/c1-20(2,3)15-11-24-25-28(15)18-17-19(29)27(21(4)9-6-10-30-21)16-13(22)7-5-8-14(16)26(17)12-23-18/h5,7-8,11-12H,6,9-10H2,1-4H3. The van der Waals surface area contributed by atoms with Crippen molar-refractivity contribution in [3.63, 3.8) is 0 Å². The highest BCUT2D eigenvalue weighted by molar-refractivity contribution is 6.35. The predicted octanol–water partition coefficient (Wildman–Crippen LogP) is 3.66. The van der Waals surface area contributed by atoms with Gasteiger partial charge in [0.2, 0.25) is 0 Å². The maximum Gasteiger partial charge on any atom is 0.281 e. The number of aromatic nitrogens is 6. The van der Waals surface area contributed by atoms with Crippen molar-refractivity contribution in [1.29, 1.82) is 0 Å². The molecule has 0 N–H and O–H groups in total. The smallest absolute Gasteiger partial charge is 0.281 e. The molecule has 1 aliphatic heterocycles. The topological polar surface area (TPSA) is 79.2 Å². The third-order valence-electron chi connectivity index (χ3n) is 5.79. The molecule has 30 heavy (non-hydrogen) atoms. The fraction of sp³-hybridized carbons (Fsp3) is 0.429. The minimum atomic E-state index is -0.779. The van der Waals surface area contributed by atoms with Crippen molar-refractivity contribution < 1.29 is 4.74 Å². The van der Waals surface area contributed by atoms with Crippen molar-refractivity contribution >= 4 is 28.2 Å². The van der Waals surface area contributed by atoms with Gasteiger partial charge in [0.1, 0.15) is 12.1 Å². The molecule has 4 aromatic rings. The summed E-state index contributed by atoms with van der Waals surface area (Å²) in [5, 5.41) is 8.82. The molecule has 4 heterocycles. The van der Waals surface area contributed by atoms with E-state index in [-0.39, 0.29) is 11.0 Å². The molecule has 1 fully saturated rings. The number of hydrogen-bond acceptors (Lipinski definition) is 5. The molecule has 0 radical (unpaired) electrons. The SMILES string of the molecule is CC(C)(C)c1cnnn1-c1ncn2c1c(=O)n(C1(C)CCCO1)c1c(Cl)cccc12. The fourth-order valence-corrected chi connectivity index (χ4v) is 4.55. The Morgan fingerprint density at radius 1 is 1.23 bits per heavy atom. The van der Waals surface area contributed by atoms with E-state index >= 15 is 0 Å². The zero-order valence-electron chi connectivity index (χ0n) is 17.4. The van der Waals surface area contributed by atoms with E-state index < -0.39 is 5.72 Å². The Hall–Kier alpha value is -2.71. The fourth-order valence-electron chi connectivity index (χ4n) is 4.30. The van der Waals surface area contributed by atoms with Crippen LogP contribution in [0.25, 0.3) is 22.4 Å². The number of fused-ring (bicyclic) bond motifs is 3. The number of benzene rings is 1. The molecular weight excluding hydrogens is 404 g/mol. The van der Waals surface area contributed by atoms with Crippen LogP contribution >= 0.6 is 11.6 Å². The highest BCUT2D eigenvalue weighted by Crippen LogP contribution is 2.35. The Labute approximate surface area is 178 Å². The molecule has 1 saturated heterocycles. The van der Waals surface area contributed by atoms with Crippen molar-refractivity contribution in [3.8, 4) is 5.82 Å². The predicted molar refractivity (Wildman–Crippen MR) is 114 cm³/mol. The summed E-state index contributed by atoms with van der Waals surface area (Å²) in [6.07, 6.45) is 4.96. The Kier molecular flexibility index (Phi) is 4.10. The number of hydrogen-bond donors (Lipinski definition) is 0. The molecular formula is C21H23ClN6O2. The monoisotopic (exact) mass is 426 g/mol. The van der Waals surface area contributed by atoms with Gasteiger partial charge in [0.15, 0.2) is 11.3 Å². The summed E-state index contributed by atoms with van der Waals surface area (Å²) >= 11 is 6.59. The van der Waals surface area contributed by atoms with Crippen molar-refractivity contribution in [2.24, 2.45) is 0 Å². The summed E-state index contributed by atoms with van der Waals surface area (Å²) in [5.41, 5.74) is 1.48. The van der Waals surface area contributed by atoms with Crippen LogP contribution in [-0.2, 0) is 15.9 Å². The lowest BCUT2D eigenvalue weighted by atomic mass is 9.93. The number of ether oxygens (including phenoxy) is 1. The number of nitrogens with zero attached hydrogens (tertiary/aromatic N) is 6. The van der Waals surface area contributed by atoms with Crippen LogP contribution in [0.15, 0.2) is 35.5 Å². The van der Waals surface area contributed by atoms with Gasteiger partial charge < -0.3 is 4.74 Å². The van der Waals surface area contributed by atoms with Crippen molar-refractivity contribution in [3.05, 3.63) is 51.8 Å². The van der Waals surface area contributed by atoms with Gasteiger partial charge in [-0.25, -0.2) is 4.98 Å². The van der Waals surface area contributed by atoms with Crippen molar-refractivity contribution in [2.45, 2.75) is 51.7 Å². The lowest BCUT2D eigenvalue weighted by Gasteiger charge is -2.28. The maximum atomic E-state index is 13.9. The summed E-state index contributed by atoms with van der Waals surface area (Å²) < 4.78 is 11.2. The number of rotatable bonds is 2. The number of imidazole rings is 1. The molecule has 5 rings (SSSR count). The third-order valence-corrected chi connectivity index (χ3v) is 6.10. The normalized spacial score (nSPS) is 19.9. The average molecular weight is 427 g/mol. The van der Waals surface area contributed by atoms with Crippen LogP contribution in [0.2, 0.25) is 5.02 Å². The zero-order chi connectivity index (χ0) is 21.3. The first kappa shape index (κ1) is 19.3. The van der Waals surface area contributed by atoms with Gasteiger partial charge in [0.05, 0.1) is 27.9 Å². The van der Waals surface area contributed by atoms with E-state index in [1.54, 1.807) is 32.2 Å². The van der Waals surface area contributed by atoms with E-state index in [9.17, 15) is 4.79 Å². The van der Waals surface area contributed by atoms with Gasteiger partial charge in [0, 0.05) is 12.0 Å². The quantitative estimate of drug-likeness (QED) is 0.488. The van der Waals surface area contributed by atoms with E-state index in [4.69, 9.17) is 16.3 Å². The van der Waals surface area contributed by atoms with Gasteiger partial charge in [-0.15, -0.1) is 5.10 Å². The van der Waals surface area contributed by atoms with Crippen LogP contribution in [-0.4, -0.2) is 35.6 Å². The summed E-state index contributed by atoms with van der Waals surface area (Å²) in [5.74, 6) is 0.444. The average Bonchev–Trinajstić information content (AvgIpc) is 3.40. The highest BCUT2D eigenvalue weighted by Gasteiger charge is 2.36. The van der Waals surface area contributed by atoms with Gasteiger partial charge in [-0.2, -0.15) is 4.68 Å². The second-order valence-corrected chi connectivity index (χ2v) is 9.35. The number of halogens is 1. The van der Waals surface area contributed by atoms with Crippen molar-refractivity contribution in [2.75, 3.05) is 6.61 Å².